The van der Waals surface area contributed by atoms with E-state index in [1.807, 2.05) is 78.9 Å². The number of benzene rings is 4. The lowest BCUT2D eigenvalue weighted by Gasteiger charge is -2.16. The van der Waals surface area contributed by atoms with Gasteiger partial charge in [-0.05, 0) is 39.4 Å². The molecule has 1 aliphatic rings. The van der Waals surface area contributed by atoms with E-state index in [0.717, 1.165) is 33.2 Å². The number of aromatic nitrogens is 1. The van der Waals surface area contributed by atoms with E-state index >= 15 is 0 Å². The van der Waals surface area contributed by atoms with Crippen LogP contribution < -0.4 is 0 Å². The van der Waals surface area contributed by atoms with Gasteiger partial charge in [-0.15, -0.1) is 0 Å². The molecule has 6 rings (SSSR count). The lowest BCUT2D eigenvalue weighted by atomic mass is 9.98. The van der Waals surface area contributed by atoms with Gasteiger partial charge in [0.25, 0.3) is 0 Å². The quantitative estimate of drug-likeness (QED) is 0.307. The minimum Gasteiger partial charge on any atom is -0.481 e. The maximum absolute atomic E-state index is 13.7. The van der Waals surface area contributed by atoms with Gasteiger partial charge < -0.3 is 9.84 Å². The first-order valence-corrected chi connectivity index (χ1v) is 11.9. The highest BCUT2D eigenvalue weighted by Crippen LogP contribution is 2.44. The van der Waals surface area contributed by atoms with E-state index in [0.29, 0.717) is 16.8 Å². The van der Waals surface area contributed by atoms with Crippen LogP contribution in [-0.4, -0.2) is 28.3 Å². The molecule has 5 heteroatoms. The number of ether oxygens (including phenoxy) is 1. The minimum absolute atomic E-state index is 0.0677. The molecule has 0 saturated carbocycles. The van der Waals surface area contributed by atoms with Crippen LogP contribution in [0.15, 0.2) is 103 Å². The molecular weight excluding hydrogens is 450 g/mol. The number of fused-ring (bicyclic) bond motifs is 4. The Morgan fingerprint density at radius 3 is 2.00 bits per heavy atom. The van der Waals surface area contributed by atoms with Gasteiger partial charge in [-0.1, -0.05) is 97.1 Å². The lowest BCUT2D eigenvalue weighted by molar-refractivity contribution is -0.136. The van der Waals surface area contributed by atoms with Gasteiger partial charge in [-0.3, -0.25) is 4.79 Å². The Bertz CT molecular complexity index is 1570. The summed E-state index contributed by atoms with van der Waals surface area (Å²) >= 11 is 0. The third-order valence-corrected chi connectivity index (χ3v) is 6.87. The number of carboxylic acids is 1. The van der Waals surface area contributed by atoms with Crippen LogP contribution in [0.3, 0.4) is 0 Å². The Balaban J connectivity index is 1.43. The van der Waals surface area contributed by atoms with Crippen molar-refractivity contribution in [3.05, 3.63) is 120 Å². The fraction of sp³-hybridized carbons (Fsp3) is 0.0968. The van der Waals surface area contributed by atoms with Gasteiger partial charge in [0.05, 0.1) is 17.6 Å². The number of carboxylic acid groups (broad SMARTS) is 1. The molecule has 1 aromatic heterocycles. The third-order valence-electron chi connectivity index (χ3n) is 6.87. The van der Waals surface area contributed by atoms with Crippen molar-refractivity contribution in [3.63, 3.8) is 0 Å². The number of carbonyl (C=O) groups excluding carboxylic acids is 1. The van der Waals surface area contributed by atoms with Crippen LogP contribution in [0.1, 0.15) is 22.6 Å². The molecule has 0 fully saturated rings. The molecule has 0 saturated heterocycles. The average molecular weight is 474 g/mol. The summed E-state index contributed by atoms with van der Waals surface area (Å²) in [4.78, 5) is 25.5. The van der Waals surface area contributed by atoms with Crippen LogP contribution in [0.2, 0.25) is 0 Å². The number of nitrogens with zero attached hydrogens (tertiary/aromatic N) is 1. The van der Waals surface area contributed by atoms with Crippen molar-refractivity contribution in [1.82, 2.24) is 4.57 Å². The molecule has 36 heavy (non-hydrogen) atoms. The third kappa shape index (κ3) is 3.57. The van der Waals surface area contributed by atoms with E-state index < -0.39 is 12.1 Å². The fourth-order valence-corrected chi connectivity index (χ4v) is 5.38. The number of para-hydroxylation sites is 1. The van der Waals surface area contributed by atoms with Crippen molar-refractivity contribution in [2.75, 3.05) is 6.61 Å². The van der Waals surface area contributed by atoms with Crippen molar-refractivity contribution >= 4 is 23.0 Å². The smallest absolute Gasteiger partial charge is 0.419 e. The summed E-state index contributed by atoms with van der Waals surface area (Å²) in [6.45, 7) is 0.182. The molecule has 0 spiro atoms. The number of aliphatic carboxylic acids is 1. The van der Waals surface area contributed by atoms with Crippen molar-refractivity contribution < 1.29 is 19.4 Å². The molecule has 0 radical (unpaired) electrons. The topological polar surface area (TPSA) is 68.5 Å². The largest absolute Gasteiger partial charge is 0.481 e. The molecule has 5 nitrogen and oxygen atoms in total. The van der Waals surface area contributed by atoms with Crippen LogP contribution in [-0.2, 0) is 16.0 Å². The predicted molar refractivity (Wildman–Crippen MR) is 139 cm³/mol. The van der Waals surface area contributed by atoms with Gasteiger partial charge in [0.15, 0.2) is 0 Å². The maximum Gasteiger partial charge on any atom is 0.419 e. The summed E-state index contributed by atoms with van der Waals surface area (Å²) in [5.41, 5.74) is 7.14. The number of hydrogen-bond donors (Lipinski definition) is 1. The molecule has 176 valence electrons. The predicted octanol–water partition coefficient (Wildman–Crippen LogP) is 6.73. The molecule has 0 unspecified atom stereocenters. The summed E-state index contributed by atoms with van der Waals surface area (Å²) in [6.07, 6.45) is -0.724. The average Bonchev–Trinajstić information content (AvgIpc) is 3.40. The molecule has 0 atom stereocenters. The first-order chi connectivity index (χ1) is 17.6. The zero-order valence-electron chi connectivity index (χ0n) is 19.4. The van der Waals surface area contributed by atoms with Gasteiger partial charge in [0.2, 0.25) is 0 Å². The van der Waals surface area contributed by atoms with Crippen LogP contribution in [0.25, 0.3) is 33.3 Å². The van der Waals surface area contributed by atoms with E-state index in [9.17, 15) is 14.7 Å². The highest BCUT2D eigenvalue weighted by molar-refractivity contribution is 6.01. The number of carbonyl (C=O) groups is 2. The Morgan fingerprint density at radius 1 is 0.750 bits per heavy atom. The van der Waals surface area contributed by atoms with Crippen molar-refractivity contribution in [3.8, 4) is 22.4 Å². The second-order valence-electron chi connectivity index (χ2n) is 8.92. The zero-order valence-corrected chi connectivity index (χ0v) is 19.4. The monoisotopic (exact) mass is 473 g/mol. The van der Waals surface area contributed by atoms with E-state index in [1.165, 1.54) is 4.57 Å². The van der Waals surface area contributed by atoms with Crippen molar-refractivity contribution in [2.45, 2.75) is 12.3 Å². The zero-order chi connectivity index (χ0) is 24.6. The van der Waals surface area contributed by atoms with Gasteiger partial charge in [-0.25, -0.2) is 9.36 Å². The lowest BCUT2D eigenvalue weighted by Crippen LogP contribution is -2.19. The van der Waals surface area contributed by atoms with Crippen molar-refractivity contribution in [1.29, 1.82) is 0 Å². The van der Waals surface area contributed by atoms with E-state index in [-0.39, 0.29) is 18.9 Å². The van der Waals surface area contributed by atoms with Crippen LogP contribution in [0, 0.1) is 0 Å². The molecule has 0 bridgehead atoms. The molecule has 0 aliphatic heterocycles. The highest BCUT2D eigenvalue weighted by atomic mass is 16.5. The molecule has 1 heterocycles. The molecule has 1 aliphatic carbocycles. The standard InChI is InChI=1S/C31H23NO4/c33-29(34)18-26-25-16-8-9-17-28(25)32(30(26)20-10-2-1-3-11-20)31(35)36-19-27-23-14-6-4-12-21(23)22-13-5-7-15-24(22)27/h1-17,27H,18-19H2,(H,33,34). The Morgan fingerprint density at radius 2 is 1.33 bits per heavy atom. The van der Waals surface area contributed by atoms with E-state index in [2.05, 4.69) is 24.3 Å². The minimum atomic E-state index is -0.956. The van der Waals surface area contributed by atoms with Gasteiger partial charge in [-0.2, -0.15) is 0 Å². The summed E-state index contributed by atoms with van der Waals surface area (Å²) < 4.78 is 7.51. The SMILES string of the molecule is O=C(O)Cc1c(-c2ccccc2)n(C(=O)OCC2c3ccccc3-c3ccccc32)c2ccccc12. The summed E-state index contributed by atoms with van der Waals surface area (Å²) in [6, 6.07) is 33.2. The Hall–Kier alpha value is -4.64. The van der Waals surface area contributed by atoms with Gasteiger partial charge >= 0.3 is 12.1 Å². The van der Waals surface area contributed by atoms with Crippen LogP contribution >= 0.6 is 0 Å². The first-order valence-electron chi connectivity index (χ1n) is 11.9. The number of hydrogen-bond acceptors (Lipinski definition) is 3. The van der Waals surface area contributed by atoms with Crippen molar-refractivity contribution in [2.24, 2.45) is 0 Å². The maximum atomic E-state index is 13.7. The van der Waals surface area contributed by atoms with E-state index in [1.54, 1.807) is 0 Å². The van der Waals surface area contributed by atoms with Crippen LogP contribution in [0.5, 0.6) is 0 Å². The van der Waals surface area contributed by atoms with Gasteiger partial charge in [0, 0.05) is 11.3 Å². The first kappa shape index (κ1) is 21.9. The molecule has 4 aromatic carbocycles. The second-order valence-corrected chi connectivity index (χ2v) is 8.92. The van der Waals surface area contributed by atoms with E-state index in [4.69, 9.17) is 4.74 Å². The van der Waals surface area contributed by atoms with Crippen LogP contribution in [0.4, 0.5) is 4.79 Å². The summed E-state index contributed by atoms with van der Waals surface area (Å²) in [5, 5.41) is 10.4. The normalized spacial score (nSPS) is 12.3. The summed E-state index contributed by atoms with van der Waals surface area (Å²) in [7, 11) is 0. The molecule has 5 aromatic rings. The second kappa shape index (κ2) is 8.86. The number of rotatable bonds is 5. The van der Waals surface area contributed by atoms with Gasteiger partial charge in [0.1, 0.15) is 6.61 Å². The molecular formula is C31H23NO4. The fourth-order valence-electron chi connectivity index (χ4n) is 5.38. The Labute approximate surface area is 208 Å². The summed E-state index contributed by atoms with van der Waals surface area (Å²) in [5.74, 6) is -1.02. The highest BCUT2D eigenvalue weighted by Gasteiger charge is 2.30. The molecule has 0 amide bonds. The molecule has 1 N–H and O–H groups in total. The Kier molecular flexibility index (Phi) is 5.38.